The van der Waals surface area contributed by atoms with E-state index >= 15 is 0 Å². The van der Waals surface area contributed by atoms with E-state index in [0.29, 0.717) is 10.6 Å². The molecule has 0 unspecified atom stereocenters. The van der Waals surface area contributed by atoms with E-state index < -0.39 is 17.4 Å². The van der Waals surface area contributed by atoms with E-state index in [1.165, 1.54) is 18.2 Å². The van der Waals surface area contributed by atoms with Gasteiger partial charge in [-0.2, -0.15) is 5.06 Å². The summed E-state index contributed by atoms with van der Waals surface area (Å²) in [6, 6.07) is 5.65. The Hall–Kier alpha value is -1.99. The van der Waals surface area contributed by atoms with E-state index in [9.17, 15) is 20.1 Å². The number of hydroxylamine groups is 2. The summed E-state index contributed by atoms with van der Waals surface area (Å²) in [7, 11) is 0. The molecule has 0 fully saturated rings. The average Bonchev–Trinajstić information content (AvgIpc) is 2.16. The third-order valence-electron chi connectivity index (χ3n) is 1.80. The second-order valence-corrected chi connectivity index (χ2v) is 3.14. The Morgan fingerprint density at radius 1 is 1.50 bits per heavy atom. The maximum atomic E-state index is 10.5. The Labute approximate surface area is 90.6 Å². The molecule has 0 spiro atoms. The minimum absolute atomic E-state index is 0.0754. The van der Waals surface area contributed by atoms with Crippen molar-refractivity contribution < 1.29 is 20.0 Å². The van der Waals surface area contributed by atoms with Crippen molar-refractivity contribution in [1.82, 2.24) is 5.06 Å². The van der Waals surface area contributed by atoms with Gasteiger partial charge in [-0.1, -0.05) is 12.1 Å². The maximum Gasteiger partial charge on any atom is 0.320 e. The van der Waals surface area contributed by atoms with Crippen molar-refractivity contribution in [2.24, 2.45) is 0 Å². The molecule has 1 rings (SSSR count). The van der Waals surface area contributed by atoms with E-state index in [4.69, 9.17) is 5.11 Å². The van der Waals surface area contributed by atoms with Crippen molar-refractivity contribution in [2.45, 2.75) is 6.54 Å². The summed E-state index contributed by atoms with van der Waals surface area (Å²) in [5.74, 6) is -1.17. The minimum atomic E-state index is -1.17. The fourth-order valence-corrected chi connectivity index (χ4v) is 1.19. The van der Waals surface area contributed by atoms with Gasteiger partial charge in [0.15, 0.2) is 0 Å². The lowest BCUT2D eigenvalue weighted by Crippen LogP contribution is -2.25. The van der Waals surface area contributed by atoms with Crippen LogP contribution >= 0.6 is 0 Å². The highest BCUT2D eigenvalue weighted by atomic mass is 16.6. The van der Waals surface area contributed by atoms with Crippen LogP contribution in [0.5, 0.6) is 0 Å². The molecule has 0 amide bonds. The van der Waals surface area contributed by atoms with Crippen LogP contribution in [-0.2, 0) is 11.3 Å². The molecule has 0 heterocycles. The number of hydrogen-bond donors (Lipinski definition) is 2. The summed E-state index contributed by atoms with van der Waals surface area (Å²) in [4.78, 5) is 20.2. The Bertz CT molecular complexity index is 407. The molecular formula is C9H10N2O5. The van der Waals surface area contributed by atoms with Crippen LogP contribution in [0.15, 0.2) is 24.3 Å². The van der Waals surface area contributed by atoms with Gasteiger partial charge in [0.05, 0.1) is 4.92 Å². The van der Waals surface area contributed by atoms with Crippen LogP contribution in [0.2, 0.25) is 0 Å². The number of hydrogen-bond acceptors (Lipinski definition) is 5. The number of aliphatic carboxylic acids is 1. The van der Waals surface area contributed by atoms with Crippen LogP contribution in [0, 0.1) is 10.1 Å². The molecule has 0 bridgehead atoms. The first-order chi connectivity index (χ1) is 7.49. The van der Waals surface area contributed by atoms with Crippen LogP contribution in [-0.4, -0.2) is 32.8 Å². The van der Waals surface area contributed by atoms with Gasteiger partial charge in [0.1, 0.15) is 6.54 Å². The van der Waals surface area contributed by atoms with Crippen molar-refractivity contribution >= 4 is 11.7 Å². The lowest BCUT2D eigenvalue weighted by Gasteiger charge is -2.11. The highest BCUT2D eigenvalue weighted by Gasteiger charge is 2.10. The minimum Gasteiger partial charge on any atom is -0.480 e. The van der Waals surface area contributed by atoms with Crippen molar-refractivity contribution in [3.05, 3.63) is 39.9 Å². The van der Waals surface area contributed by atoms with Crippen molar-refractivity contribution in [3.63, 3.8) is 0 Å². The summed E-state index contributed by atoms with van der Waals surface area (Å²) >= 11 is 0. The number of carbonyl (C=O) groups is 1. The molecule has 0 aliphatic carbocycles. The zero-order valence-electron chi connectivity index (χ0n) is 8.24. The third kappa shape index (κ3) is 3.64. The standard InChI is InChI=1S/C9H10N2O5/c12-9(13)6-10(14)5-7-2-1-3-8(4-7)11(15)16/h1-4,14H,5-6H2,(H,12,13). The zero-order chi connectivity index (χ0) is 12.1. The Morgan fingerprint density at radius 2 is 2.19 bits per heavy atom. The number of non-ortho nitro benzene ring substituents is 1. The topological polar surface area (TPSA) is 104 Å². The highest BCUT2D eigenvalue weighted by molar-refractivity contribution is 5.68. The molecule has 0 saturated carbocycles. The van der Waals surface area contributed by atoms with Gasteiger partial charge in [0, 0.05) is 18.7 Å². The molecule has 1 aromatic carbocycles. The predicted octanol–water partition coefficient (Wildman–Crippen LogP) is 0.871. The lowest BCUT2D eigenvalue weighted by molar-refractivity contribution is -0.384. The van der Waals surface area contributed by atoms with E-state index in [1.807, 2.05) is 0 Å². The van der Waals surface area contributed by atoms with Gasteiger partial charge in [-0.15, -0.1) is 0 Å². The number of nitro benzene ring substituents is 1. The number of carboxylic acids is 1. The van der Waals surface area contributed by atoms with Crippen molar-refractivity contribution in [3.8, 4) is 0 Å². The molecule has 0 radical (unpaired) electrons. The molecule has 7 nitrogen and oxygen atoms in total. The number of benzene rings is 1. The first-order valence-corrected chi connectivity index (χ1v) is 4.38. The quantitative estimate of drug-likeness (QED) is 0.570. The van der Waals surface area contributed by atoms with Gasteiger partial charge in [-0.05, 0) is 5.56 Å². The first-order valence-electron chi connectivity index (χ1n) is 4.38. The SMILES string of the molecule is O=C(O)CN(O)Cc1cccc([N+](=O)[O-])c1. The maximum absolute atomic E-state index is 10.5. The van der Waals surface area contributed by atoms with Crippen molar-refractivity contribution in [2.75, 3.05) is 6.54 Å². The number of nitro groups is 1. The fourth-order valence-electron chi connectivity index (χ4n) is 1.19. The summed E-state index contributed by atoms with van der Waals surface area (Å²) < 4.78 is 0. The van der Waals surface area contributed by atoms with Gasteiger partial charge >= 0.3 is 5.97 Å². The highest BCUT2D eigenvalue weighted by Crippen LogP contribution is 2.13. The molecule has 7 heteroatoms. The van der Waals surface area contributed by atoms with Gasteiger partial charge in [0.25, 0.3) is 5.69 Å². The molecule has 0 aliphatic rings. The number of carboxylic acid groups (broad SMARTS) is 1. The molecule has 2 N–H and O–H groups in total. The predicted molar refractivity (Wildman–Crippen MR) is 52.9 cm³/mol. The fraction of sp³-hybridized carbons (Fsp3) is 0.222. The van der Waals surface area contributed by atoms with Crippen LogP contribution in [0.25, 0.3) is 0 Å². The molecule has 0 aromatic heterocycles. The number of nitrogens with zero attached hydrogens (tertiary/aromatic N) is 2. The summed E-state index contributed by atoms with van der Waals surface area (Å²) in [5.41, 5.74) is 0.374. The monoisotopic (exact) mass is 226 g/mol. The zero-order valence-corrected chi connectivity index (χ0v) is 8.24. The normalized spacial score (nSPS) is 10.4. The summed E-state index contributed by atoms with van der Waals surface area (Å²) in [6.45, 7) is -0.614. The Morgan fingerprint density at radius 3 is 2.75 bits per heavy atom. The van der Waals surface area contributed by atoms with Crippen molar-refractivity contribution in [1.29, 1.82) is 0 Å². The van der Waals surface area contributed by atoms with Gasteiger partial charge in [-0.3, -0.25) is 14.9 Å². The molecule has 0 atom stereocenters. The first kappa shape index (κ1) is 12.1. The van der Waals surface area contributed by atoms with Crippen LogP contribution in [0.1, 0.15) is 5.56 Å². The van der Waals surface area contributed by atoms with E-state index in [1.54, 1.807) is 6.07 Å². The smallest absolute Gasteiger partial charge is 0.320 e. The third-order valence-corrected chi connectivity index (χ3v) is 1.80. The van der Waals surface area contributed by atoms with Crippen LogP contribution < -0.4 is 0 Å². The van der Waals surface area contributed by atoms with E-state index in [2.05, 4.69) is 0 Å². The second-order valence-electron chi connectivity index (χ2n) is 3.14. The molecule has 0 aliphatic heterocycles. The molecule has 86 valence electrons. The van der Waals surface area contributed by atoms with Crippen LogP contribution in [0.4, 0.5) is 5.69 Å². The van der Waals surface area contributed by atoms with Crippen LogP contribution in [0.3, 0.4) is 0 Å². The second kappa shape index (κ2) is 5.19. The molecule has 16 heavy (non-hydrogen) atoms. The Balaban J connectivity index is 2.70. The van der Waals surface area contributed by atoms with Gasteiger partial charge in [-0.25, -0.2) is 0 Å². The molecular weight excluding hydrogens is 216 g/mol. The molecule has 1 aromatic rings. The summed E-state index contributed by atoms with van der Waals surface area (Å²) in [5, 5.41) is 28.6. The van der Waals surface area contributed by atoms with Gasteiger partial charge < -0.3 is 10.3 Å². The number of rotatable bonds is 5. The van der Waals surface area contributed by atoms with E-state index in [-0.39, 0.29) is 12.2 Å². The van der Waals surface area contributed by atoms with Gasteiger partial charge in [0.2, 0.25) is 0 Å². The summed E-state index contributed by atoms with van der Waals surface area (Å²) in [6.07, 6.45) is 0. The largest absolute Gasteiger partial charge is 0.480 e. The van der Waals surface area contributed by atoms with E-state index in [0.717, 1.165) is 0 Å². The average molecular weight is 226 g/mol. The lowest BCUT2D eigenvalue weighted by atomic mass is 10.2. The Kier molecular flexibility index (Phi) is 3.92. The molecule has 0 saturated heterocycles.